The first kappa shape index (κ1) is 9.08. The lowest BCUT2D eigenvalue weighted by molar-refractivity contribution is 0.797. The first-order chi connectivity index (χ1) is 6.31. The van der Waals surface area contributed by atoms with Crippen LogP contribution < -0.4 is 0 Å². The Morgan fingerprint density at radius 2 is 1.92 bits per heavy atom. The molecule has 13 heavy (non-hydrogen) atoms. The molecule has 0 amide bonds. The number of aryl methyl sites for hydroxylation is 1. The van der Waals surface area contributed by atoms with Crippen LogP contribution in [0.5, 0.6) is 0 Å². The minimum atomic E-state index is 0.255. The van der Waals surface area contributed by atoms with E-state index in [1.807, 2.05) is 0 Å². The number of halogens is 1. The Morgan fingerprint density at radius 3 is 2.38 bits per heavy atom. The normalized spacial score (nSPS) is 18.6. The average molecular weight is 195 g/mol. The second-order valence-electron chi connectivity index (χ2n) is 3.83. The molecule has 1 aliphatic rings. The molecule has 0 aliphatic heterocycles. The van der Waals surface area contributed by atoms with E-state index in [1.165, 1.54) is 24.0 Å². The summed E-state index contributed by atoms with van der Waals surface area (Å²) in [6, 6.07) is 8.73. The summed E-state index contributed by atoms with van der Waals surface area (Å²) in [5.41, 5.74) is 2.68. The van der Waals surface area contributed by atoms with E-state index < -0.39 is 0 Å². The van der Waals surface area contributed by atoms with Gasteiger partial charge in [-0.15, -0.1) is 11.6 Å². The van der Waals surface area contributed by atoms with Crippen LogP contribution in [0.3, 0.4) is 0 Å². The van der Waals surface area contributed by atoms with Gasteiger partial charge in [-0.2, -0.15) is 0 Å². The van der Waals surface area contributed by atoms with Crippen molar-refractivity contribution in [1.82, 2.24) is 0 Å². The summed E-state index contributed by atoms with van der Waals surface area (Å²) in [7, 11) is 0. The Bertz CT molecular complexity index is 272. The lowest BCUT2D eigenvalue weighted by Crippen LogP contribution is -1.92. The molecular formula is C12H15Cl. The number of hydrogen-bond acceptors (Lipinski definition) is 0. The number of alkyl halides is 1. The van der Waals surface area contributed by atoms with Crippen molar-refractivity contribution < 1.29 is 0 Å². The van der Waals surface area contributed by atoms with E-state index in [0.29, 0.717) is 0 Å². The maximum atomic E-state index is 6.30. The monoisotopic (exact) mass is 194 g/mol. The molecule has 1 aliphatic carbocycles. The highest BCUT2D eigenvalue weighted by molar-refractivity contribution is 6.21. The molecule has 1 heteroatoms. The Kier molecular flexibility index (Phi) is 2.59. The maximum Gasteiger partial charge on any atom is 0.0613 e. The van der Waals surface area contributed by atoms with Gasteiger partial charge in [0.1, 0.15) is 0 Å². The standard InChI is InChI=1S/C12H15Cl/c1-2-9-3-5-10(6-4-9)12(13)11-7-8-11/h3-6,11-12H,2,7-8H2,1H3. The van der Waals surface area contributed by atoms with E-state index in [0.717, 1.165) is 12.3 Å². The van der Waals surface area contributed by atoms with Crippen LogP contribution in [-0.4, -0.2) is 0 Å². The zero-order valence-electron chi connectivity index (χ0n) is 7.96. The maximum absolute atomic E-state index is 6.30. The average Bonchev–Trinajstić information content (AvgIpc) is 3.00. The van der Waals surface area contributed by atoms with Gasteiger partial charge in [0.25, 0.3) is 0 Å². The molecule has 0 radical (unpaired) electrons. The van der Waals surface area contributed by atoms with Crippen LogP contribution in [0.2, 0.25) is 0 Å². The van der Waals surface area contributed by atoms with Crippen molar-refractivity contribution in [1.29, 1.82) is 0 Å². The van der Waals surface area contributed by atoms with E-state index in [4.69, 9.17) is 11.6 Å². The van der Waals surface area contributed by atoms with Gasteiger partial charge < -0.3 is 0 Å². The largest absolute Gasteiger partial charge is 0.118 e. The van der Waals surface area contributed by atoms with Gasteiger partial charge in [0.05, 0.1) is 5.38 Å². The predicted octanol–water partition coefficient (Wildman–Crippen LogP) is 3.94. The summed E-state index contributed by atoms with van der Waals surface area (Å²) in [6.45, 7) is 2.17. The fourth-order valence-electron chi connectivity index (χ4n) is 1.60. The first-order valence-corrected chi connectivity index (χ1v) is 5.48. The van der Waals surface area contributed by atoms with Crippen LogP contribution in [0.4, 0.5) is 0 Å². The fourth-order valence-corrected chi connectivity index (χ4v) is 2.00. The third kappa shape index (κ3) is 2.05. The molecule has 1 aromatic carbocycles. The van der Waals surface area contributed by atoms with Crippen LogP contribution in [0, 0.1) is 5.92 Å². The zero-order chi connectivity index (χ0) is 9.26. The van der Waals surface area contributed by atoms with Crippen molar-refractivity contribution in [3.05, 3.63) is 35.4 Å². The van der Waals surface area contributed by atoms with Crippen LogP contribution in [0.15, 0.2) is 24.3 Å². The molecule has 0 N–H and O–H groups in total. The summed E-state index contributed by atoms with van der Waals surface area (Å²) in [4.78, 5) is 0. The highest BCUT2D eigenvalue weighted by Gasteiger charge is 2.30. The lowest BCUT2D eigenvalue weighted by Gasteiger charge is -2.08. The Balaban J connectivity index is 2.11. The summed E-state index contributed by atoms with van der Waals surface area (Å²) in [5.74, 6) is 0.745. The summed E-state index contributed by atoms with van der Waals surface area (Å²) >= 11 is 6.30. The highest BCUT2D eigenvalue weighted by Crippen LogP contribution is 2.44. The predicted molar refractivity (Wildman–Crippen MR) is 57.1 cm³/mol. The van der Waals surface area contributed by atoms with E-state index in [-0.39, 0.29) is 5.38 Å². The summed E-state index contributed by atoms with van der Waals surface area (Å²) in [5, 5.41) is 0.255. The minimum absolute atomic E-state index is 0.255. The number of rotatable bonds is 3. The van der Waals surface area contributed by atoms with Gasteiger partial charge in [-0.05, 0) is 36.3 Å². The van der Waals surface area contributed by atoms with E-state index >= 15 is 0 Å². The van der Waals surface area contributed by atoms with Crippen LogP contribution in [-0.2, 0) is 6.42 Å². The van der Waals surface area contributed by atoms with Crippen molar-refractivity contribution in [2.75, 3.05) is 0 Å². The molecule has 1 unspecified atom stereocenters. The SMILES string of the molecule is CCc1ccc(C(Cl)C2CC2)cc1. The fraction of sp³-hybridized carbons (Fsp3) is 0.500. The molecule has 1 fully saturated rings. The molecule has 1 aromatic rings. The number of hydrogen-bond donors (Lipinski definition) is 0. The van der Waals surface area contributed by atoms with Gasteiger partial charge in [-0.25, -0.2) is 0 Å². The minimum Gasteiger partial charge on any atom is -0.118 e. The van der Waals surface area contributed by atoms with Crippen molar-refractivity contribution >= 4 is 11.6 Å². The molecule has 0 nitrogen and oxygen atoms in total. The van der Waals surface area contributed by atoms with Crippen molar-refractivity contribution in [2.24, 2.45) is 5.92 Å². The topological polar surface area (TPSA) is 0 Å². The third-order valence-electron chi connectivity index (χ3n) is 2.74. The molecule has 1 atom stereocenters. The van der Waals surface area contributed by atoms with Crippen LogP contribution >= 0.6 is 11.6 Å². The Labute approximate surface area is 84.9 Å². The smallest absolute Gasteiger partial charge is 0.0613 e. The Morgan fingerprint density at radius 1 is 1.31 bits per heavy atom. The molecule has 0 saturated heterocycles. The molecule has 0 bridgehead atoms. The quantitative estimate of drug-likeness (QED) is 0.640. The van der Waals surface area contributed by atoms with E-state index in [2.05, 4.69) is 31.2 Å². The van der Waals surface area contributed by atoms with Crippen LogP contribution in [0.1, 0.15) is 36.3 Å². The molecule has 1 saturated carbocycles. The van der Waals surface area contributed by atoms with Crippen molar-refractivity contribution in [3.8, 4) is 0 Å². The third-order valence-corrected chi connectivity index (χ3v) is 3.35. The van der Waals surface area contributed by atoms with Gasteiger partial charge in [0.15, 0.2) is 0 Å². The molecule has 0 aromatic heterocycles. The molecule has 0 spiro atoms. The van der Waals surface area contributed by atoms with Gasteiger partial charge in [0, 0.05) is 0 Å². The van der Waals surface area contributed by atoms with Crippen molar-refractivity contribution in [3.63, 3.8) is 0 Å². The lowest BCUT2D eigenvalue weighted by atomic mass is 10.1. The van der Waals surface area contributed by atoms with E-state index in [9.17, 15) is 0 Å². The van der Waals surface area contributed by atoms with Crippen molar-refractivity contribution in [2.45, 2.75) is 31.6 Å². The van der Waals surface area contributed by atoms with Gasteiger partial charge >= 0.3 is 0 Å². The first-order valence-electron chi connectivity index (χ1n) is 5.04. The second-order valence-corrected chi connectivity index (χ2v) is 4.30. The second kappa shape index (κ2) is 3.71. The number of benzene rings is 1. The molecule has 2 rings (SSSR count). The van der Waals surface area contributed by atoms with Crippen LogP contribution in [0.25, 0.3) is 0 Å². The molecule has 70 valence electrons. The molecular weight excluding hydrogens is 180 g/mol. The van der Waals surface area contributed by atoms with Gasteiger partial charge in [-0.1, -0.05) is 31.2 Å². The van der Waals surface area contributed by atoms with Gasteiger partial charge in [-0.3, -0.25) is 0 Å². The zero-order valence-corrected chi connectivity index (χ0v) is 8.72. The Hall–Kier alpha value is -0.490. The van der Waals surface area contributed by atoms with E-state index in [1.54, 1.807) is 0 Å². The summed E-state index contributed by atoms with van der Waals surface area (Å²) < 4.78 is 0. The highest BCUT2D eigenvalue weighted by atomic mass is 35.5. The molecule has 0 heterocycles. The summed E-state index contributed by atoms with van der Waals surface area (Å²) in [6.07, 6.45) is 3.73. The van der Waals surface area contributed by atoms with Gasteiger partial charge in [0.2, 0.25) is 0 Å².